The molecule has 2 N–H and O–H groups in total. The zero-order valence-electron chi connectivity index (χ0n) is 15.0. The van der Waals surface area contributed by atoms with Crippen LogP contribution in [0, 0.1) is 11.3 Å². The van der Waals surface area contributed by atoms with Crippen LogP contribution in [0.1, 0.15) is 53.2 Å². The molecule has 1 heterocycles. The Morgan fingerprint density at radius 3 is 2.62 bits per heavy atom. The molecule has 3 rings (SSSR count). The van der Waals surface area contributed by atoms with Gasteiger partial charge in [-0.05, 0) is 42.4 Å². The van der Waals surface area contributed by atoms with Gasteiger partial charge >= 0.3 is 5.97 Å². The maximum absolute atomic E-state index is 12.7. The fourth-order valence-electron chi connectivity index (χ4n) is 3.04. The maximum atomic E-state index is 12.7. The van der Waals surface area contributed by atoms with E-state index in [1.165, 1.54) is 24.1 Å². The molecule has 138 valence electrons. The zero-order chi connectivity index (χ0) is 18.7. The number of hydrogen-bond acceptors (Lipinski definition) is 4. The van der Waals surface area contributed by atoms with Crippen molar-refractivity contribution in [3.63, 3.8) is 0 Å². The minimum absolute atomic E-state index is 0.0853. The van der Waals surface area contributed by atoms with E-state index in [0.29, 0.717) is 29.5 Å². The molecular weight excluding hydrogens is 350 g/mol. The number of carboxylic acid groups (broad SMARTS) is 1. The van der Waals surface area contributed by atoms with Gasteiger partial charge in [-0.25, -0.2) is 4.79 Å². The normalized spacial score (nSPS) is 15.0. The van der Waals surface area contributed by atoms with Crippen LogP contribution in [0.2, 0.25) is 0 Å². The summed E-state index contributed by atoms with van der Waals surface area (Å²) in [5, 5.41) is 12.2. The molecule has 2 aromatic rings. The summed E-state index contributed by atoms with van der Waals surface area (Å²) in [5.41, 5.74) is 1.02. The Morgan fingerprint density at radius 1 is 1.23 bits per heavy atom. The van der Waals surface area contributed by atoms with Crippen LogP contribution in [-0.2, 0) is 5.75 Å². The molecule has 1 aromatic carbocycles. The van der Waals surface area contributed by atoms with Crippen LogP contribution in [0.25, 0.3) is 0 Å². The van der Waals surface area contributed by atoms with Gasteiger partial charge in [-0.1, -0.05) is 26.0 Å². The molecule has 0 saturated heterocycles. The number of carbonyl (C=O) groups excluding carboxylic acids is 1. The summed E-state index contributed by atoms with van der Waals surface area (Å²) in [6, 6.07) is 8.82. The molecule has 0 unspecified atom stereocenters. The zero-order valence-corrected chi connectivity index (χ0v) is 15.8. The largest absolute Gasteiger partial charge is 0.478 e. The lowest BCUT2D eigenvalue weighted by Gasteiger charge is -2.20. The first-order chi connectivity index (χ1) is 12.4. The molecule has 1 amide bonds. The van der Waals surface area contributed by atoms with E-state index < -0.39 is 5.97 Å². The Labute approximate surface area is 157 Å². The van der Waals surface area contributed by atoms with Gasteiger partial charge in [0.15, 0.2) is 0 Å². The van der Waals surface area contributed by atoms with E-state index in [2.05, 4.69) is 19.2 Å². The number of benzene rings is 1. The molecule has 0 atom stereocenters. The molecule has 0 aliphatic heterocycles. The Morgan fingerprint density at radius 2 is 1.96 bits per heavy atom. The Bertz CT molecular complexity index is 808. The number of carboxylic acids is 1. The van der Waals surface area contributed by atoms with Gasteiger partial charge in [0.05, 0.1) is 17.6 Å². The van der Waals surface area contributed by atoms with E-state index in [-0.39, 0.29) is 16.9 Å². The van der Waals surface area contributed by atoms with Gasteiger partial charge in [0.1, 0.15) is 11.3 Å². The van der Waals surface area contributed by atoms with Crippen molar-refractivity contribution in [2.75, 3.05) is 6.54 Å². The highest BCUT2D eigenvalue weighted by molar-refractivity contribution is 7.98. The van der Waals surface area contributed by atoms with Gasteiger partial charge in [-0.3, -0.25) is 4.79 Å². The van der Waals surface area contributed by atoms with Crippen LogP contribution >= 0.6 is 11.8 Å². The molecule has 6 heteroatoms. The smallest absolute Gasteiger partial charge is 0.339 e. The molecule has 1 fully saturated rings. The first-order valence-electron chi connectivity index (χ1n) is 8.72. The highest BCUT2D eigenvalue weighted by Gasteiger charge is 2.45. The van der Waals surface area contributed by atoms with Gasteiger partial charge < -0.3 is 14.8 Å². The van der Waals surface area contributed by atoms with Crippen molar-refractivity contribution in [2.24, 2.45) is 11.3 Å². The Balaban J connectivity index is 1.67. The fourth-order valence-corrected chi connectivity index (χ4v) is 4.04. The lowest BCUT2D eigenvalue weighted by molar-refractivity contribution is 0.0694. The number of nitrogens with one attached hydrogen (secondary N) is 1. The van der Waals surface area contributed by atoms with Crippen molar-refractivity contribution in [3.8, 4) is 0 Å². The summed E-state index contributed by atoms with van der Waals surface area (Å²) in [7, 11) is 0. The fraction of sp³-hybridized carbons (Fsp3) is 0.400. The van der Waals surface area contributed by atoms with Crippen LogP contribution in [0.5, 0.6) is 0 Å². The first-order valence-corrected chi connectivity index (χ1v) is 9.71. The summed E-state index contributed by atoms with van der Waals surface area (Å²) in [4.78, 5) is 24.6. The third kappa shape index (κ3) is 3.96. The van der Waals surface area contributed by atoms with Crippen LogP contribution in [-0.4, -0.2) is 23.5 Å². The topological polar surface area (TPSA) is 79.5 Å². The van der Waals surface area contributed by atoms with Gasteiger partial charge in [0.2, 0.25) is 0 Å². The number of aromatic carboxylic acids is 1. The second-order valence-electron chi connectivity index (χ2n) is 7.05. The van der Waals surface area contributed by atoms with E-state index in [1.807, 2.05) is 18.2 Å². The lowest BCUT2D eigenvalue weighted by atomic mass is 9.92. The van der Waals surface area contributed by atoms with E-state index in [1.54, 1.807) is 6.07 Å². The van der Waals surface area contributed by atoms with E-state index in [4.69, 9.17) is 9.52 Å². The van der Waals surface area contributed by atoms with Crippen LogP contribution in [0.3, 0.4) is 0 Å². The van der Waals surface area contributed by atoms with Crippen molar-refractivity contribution in [2.45, 2.75) is 37.3 Å². The third-order valence-corrected chi connectivity index (χ3v) is 6.26. The number of thioether (sulfide) groups is 1. The van der Waals surface area contributed by atoms with Gasteiger partial charge in [-0.15, -0.1) is 11.8 Å². The molecule has 26 heavy (non-hydrogen) atoms. The Kier molecular flexibility index (Phi) is 5.41. The number of carbonyl (C=O) groups is 2. The lowest BCUT2D eigenvalue weighted by Crippen LogP contribution is -2.32. The molecule has 0 bridgehead atoms. The summed E-state index contributed by atoms with van der Waals surface area (Å²) in [6.07, 6.45) is 3.70. The van der Waals surface area contributed by atoms with Crippen LogP contribution < -0.4 is 5.32 Å². The van der Waals surface area contributed by atoms with Crippen LogP contribution in [0.4, 0.5) is 0 Å². The summed E-state index contributed by atoms with van der Waals surface area (Å²) >= 11 is 1.40. The van der Waals surface area contributed by atoms with Crippen molar-refractivity contribution in [1.82, 2.24) is 5.32 Å². The molecular formula is C20H23NO4S. The predicted octanol–water partition coefficient (Wildman–Crippen LogP) is 4.44. The number of furan rings is 1. The highest BCUT2D eigenvalue weighted by Crippen LogP contribution is 2.51. The molecule has 1 aliphatic rings. The number of hydrogen-bond donors (Lipinski definition) is 2. The number of amides is 1. The molecule has 1 saturated carbocycles. The third-order valence-electron chi connectivity index (χ3n) is 5.18. The quantitative estimate of drug-likeness (QED) is 0.669. The summed E-state index contributed by atoms with van der Waals surface area (Å²) in [6.45, 7) is 5.10. The molecule has 5 nitrogen and oxygen atoms in total. The molecule has 0 radical (unpaired) electrons. The minimum atomic E-state index is -1.01. The molecule has 1 aromatic heterocycles. The predicted molar refractivity (Wildman–Crippen MR) is 101 cm³/mol. The molecule has 1 aliphatic carbocycles. The summed E-state index contributed by atoms with van der Waals surface area (Å²) in [5.74, 6) is 0.214. The average molecular weight is 373 g/mol. The second kappa shape index (κ2) is 7.58. The van der Waals surface area contributed by atoms with Crippen molar-refractivity contribution >= 4 is 23.6 Å². The maximum Gasteiger partial charge on any atom is 0.339 e. The van der Waals surface area contributed by atoms with Crippen molar-refractivity contribution in [1.29, 1.82) is 0 Å². The summed E-state index contributed by atoms with van der Waals surface area (Å²) < 4.78 is 5.27. The molecule has 0 spiro atoms. The second-order valence-corrected chi connectivity index (χ2v) is 8.06. The minimum Gasteiger partial charge on any atom is -0.478 e. The Hall–Kier alpha value is -2.21. The van der Waals surface area contributed by atoms with Crippen molar-refractivity contribution in [3.05, 3.63) is 53.5 Å². The average Bonchev–Trinajstić information content (AvgIpc) is 3.27. The van der Waals surface area contributed by atoms with Gasteiger partial charge in [0, 0.05) is 11.4 Å². The monoisotopic (exact) mass is 373 g/mol. The highest BCUT2D eigenvalue weighted by atomic mass is 32.2. The van der Waals surface area contributed by atoms with Gasteiger partial charge in [0.25, 0.3) is 5.91 Å². The van der Waals surface area contributed by atoms with Crippen LogP contribution in [0.15, 0.2) is 45.9 Å². The van der Waals surface area contributed by atoms with E-state index >= 15 is 0 Å². The van der Waals surface area contributed by atoms with Gasteiger partial charge in [-0.2, -0.15) is 0 Å². The standard InChI is InChI=1S/C20H23NO4S/c1-13(2)20(8-9-20)12-21-18(22)15-5-3-4-6-17(15)26-11-16-14(19(23)24)7-10-25-16/h3-7,10,13H,8-9,11-12H2,1-2H3,(H,21,22)(H,23,24). The SMILES string of the molecule is CC(C)C1(CNC(=O)c2ccccc2SCc2occc2C(=O)O)CC1. The first kappa shape index (κ1) is 18.6. The van der Waals surface area contributed by atoms with E-state index in [9.17, 15) is 9.59 Å². The van der Waals surface area contributed by atoms with E-state index in [0.717, 1.165) is 17.7 Å². The number of rotatable bonds is 8. The van der Waals surface area contributed by atoms with Crippen molar-refractivity contribution < 1.29 is 19.1 Å².